The van der Waals surface area contributed by atoms with E-state index in [1.54, 1.807) is 20.4 Å². The van der Waals surface area contributed by atoms with Crippen molar-refractivity contribution in [3.05, 3.63) is 46.7 Å². The van der Waals surface area contributed by atoms with Crippen LogP contribution in [0.1, 0.15) is 24.1 Å². The van der Waals surface area contributed by atoms with Crippen LogP contribution in [0.25, 0.3) is 0 Å². The number of pyridine rings is 1. The normalized spacial score (nSPS) is 11.9. The zero-order chi connectivity index (χ0) is 15.4. The standard InChI is InChI=1S/C16H19ClN2O2/c1-10-7-12(9-18-16(10)17)19-11(2)14-8-13(20-3)5-6-15(14)21-4/h5-9,11,19H,1-4H3. The van der Waals surface area contributed by atoms with Crippen molar-refractivity contribution >= 4 is 17.3 Å². The molecule has 0 bridgehead atoms. The highest BCUT2D eigenvalue weighted by Gasteiger charge is 2.13. The lowest BCUT2D eigenvalue weighted by atomic mass is 10.1. The van der Waals surface area contributed by atoms with Gasteiger partial charge in [0.05, 0.1) is 32.1 Å². The maximum Gasteiger partial charge on any atom is 0.132 e. The molecule has 1 aromatic heterocycles. The summed E-state index contributed by atoms with van der Waals surface area (Å²) >= 11 is 5.95. The molecule has 4 nitrogen and oxygen atoms in total. The Hall–Kier alpha value is -1.94. The van der Waals surface area contributed by atoms with E-state index in [9.17, 15) is 0 Å². The number of aryl methyl sites for hydroxylation is 1. The number of aromatic nitrogens is 1. The highest BCUT2D eigenvalue weighted by atomic mass is 35.5. The lowest BCUT2D eigenvalue weighted by Gasteiger charge is -2.19. The zero-order valence-corrected chi connectivity index (χ0v) is 13.4. The molecule has 0 amide bonds. The summed E-state index contributed by atoms with van der Waals surface area (Å²) in [5.41, 5.74) is 2.87. The highest BCUT2D eigenvalue weighted by molar-refractivity contribution is 6.30. The molecule has 0 aliphatic carbocycles. The number of nitrogens with one attached hydrogen (secondary N) is 1. The number of ether oxygens (including phenoxy) is 2. The molecule has 1 atom stereocenters. The van der Waals surface area contributed by atoms with E-state index in [1.807, 2.05) is 31.2 Å². The van der Waals surface area contributed by atoms with E-state index in [1.165, 1.54) is 0 Å². The van der Waals surface area contributed by atoms with Gasteiger partial charge in [-0.15, -0.1) is 0 Å². The van der Waals surface area contributed by atoms with E-state index >= 15 is 0 Å². The first-order chi connectivity index (χ1) is 10.0. The van der Waals surface area contributed by atoms with Crippen LogP contribution in [-0.4, -0.2) is 19.2 Å². The predicted molar refractivity (Wildman–Crippen MR) is 85.6 cm³/mol. The molecule has 1 unspecified atom stereocenters. The molecular weight excluding hydrogens is 288 g/mol. The fourth-order valence-corrected chi connectivity index (χ4v) is 2.25. The van der Waals surface area contributed by atoms with Crippen molar-refractivity contribution in [2.45, 2.75) is 19.9 Å². The Morgan fingerprint density at radius 3 is 2.57 bits per heavy atom. The third-order valence-corrected chi connectivity index (χ3v) is 3.70. The Morgan fingerprint density at radius 2 is 1.95 bits per heavy atom. The van der Waals surface area contributed by atoms with Crippen LogP contribution in [0, 0.1) is 6.92 Å². The average Bonchev–Trinajstić information content (AvgIpc) is 2.50. The molecule has 21 heavy (non-hydrogen) atoms. The highest BCUT2D eigenvalue weighted by Crippen LogP contribution is 2.31. The summed E-state index contributed by atoms with van der Waals surface area (Å²) in [6.45, 7) is 3.98. The minimum atomic E-state index is 0.0393. The molecule has 0 radical (unpaired) electrons. The second-order valence-corrected chi connectivity index (χ2v) is 5.16. The fraction of sp³-hybridized carbons (Fsp3) is 0.312. The summed E-state index contributed by atoms with van der Waals surface area (Å²) in [4.78, 5) is 4.15. The number of hydrogen-bond donors (Lipinski definition) is 1. The molecule has 0 aliphatic heterocycles. The number of benzene rings is 1. The van der Waals surface area contributed by atoms with Crippen LogP contribution < -0.4 is 14.8 Å². The van der Waals surface area contributed by atoms with Gasteiger partial charge in [0.1, 0.15) is 16.7 Å². The van der Waals surface area contributed by atoms with Crippen molar-refractivity contribution in [3.8, 4) is 11.5 Å². The Bertz CT molecular complexity index is 632. The number of nitrogens with zero attached hydrogens (tertiary/aromatic N) is 1. The van der Waals surface area contributed by atoms with Crippen LogP contribution in [0.3, 0.4) is 0 Å². The van der Waals surface area contributed by atoms with Gasteiger partial charge >= 0.3 is 0 Å². The Labute approximate surface area is 130 Å². The van der Waals surface area contributed by atoms with Crippen LogP contribution in [0.4, 0.5) is 5.69 Å². The fourth-order valence-electron chi connectivity index (χ4n) is 2.14. The van der Waals surface area contributed by atoms with Crippen LogP contribution in [0.2, 0.25) is 5.15 Å². The van der Waals surface area contributed by atoms with Gasteiger partial charge in [-0.05, 0) is 43.7 Å². The summed E-state index contributed by atoms with van der Waals surface area (Å²) in [6.07, 6.45) is 1.72. The van der Waals surface area contributed by atoms with E-state index in [0.717, 1.165) is 28.3 Å². The minimum Gasteiger partial charge on any atom is -0.497 e. The average molecular weight is 307 g/mol. The molecule has 2 rings (SSSR count). The van der Waals surface area contributed by atoms with Crippen LogP contribution >= 0.6 is 11.6 Å². The molecule has 0 saturated carbocycles. The summed E-state index contributed by atoms with van der Waals surface area (Å²) in [5.74, 6) is 1.61. The summed E-state index contributed by atoms with van der Waals surface area (Å²) < 4.78 is 10.7. The van der Waals surface area contributed by atoms with Gasteiger partial charge in [-0.25, -0.2) is 4.98 Å². The molecule has 1 N–H and O–H groups in total. The summed E-state index contributed by atoms with van der Waals surface area (Å²) in [6, 6.07) is 7.75. The van der Waals surface area contributed by atoms with Gasteiger partial charge in [0.2, 0.25) is 0 Å². The van der Waals surface area contributed by atoms with Crippen molar-refractivity contribution in [2.24, 2.45) is 0 Å². The van der Waals surface area contributed by atoms with Gasteiger partial charge in [0.25, 0.3) is 0 Å². The zero-order valence-electron chi connectivity index (χ0n) is 12.6. The number of rotatable bonds is 5. The lowest BCUT2D eigenvalue weighted by molar-refractivity contribution is 0.397. The van der Waals surface area contributed by atoms with E-state index in [2.05, 4.69) is 17.2 Å². The molecule has 1 aromatic carbocycles. The van der Waals surface area contributed by atoms with Gasteiger partial charge < -0.3 is 14.8 Å². The van der Waals surface area contributed by atoms with Gasteiger partial charge in [-0.2, -0.15) is 0 Å². The molecule has 2 aromatic rings. The first-order valence-electron chi connectivity index (χ1n) is 6.65. The van der Waals surface area contributed by atoms with Crippen LogP contribution in [0.5, 0.6) is 11.5 Å². The first kappa shape index (κ1) is 15.4. The predicted octanol–water partition coefficient (Wildman–Crippen LogP) is 4.23. The Kier molecular flexibility index (Phi) is 4.91. The quantitative estimate of drug-likeness (QED) is 0.839. The molecule has 112 valence electrons. The summed E-state index contributed by atoms with van der Waals surface area (Å²) in [7, 11) is 3.31. The Morgan fingerprint density at radius 1 is 1.19 bits per heavy atom. The second-order valence-electron chi connectivity index (χ2n) is 4.81. The van der Waals surface area contributed by atoms with Gasteiger partial charge in [-0.1, -0.05) is 11.6 Å². The molecule has 0 saturated heterocycles. The van der Waals surface area contributed by atoms with Crippen molar-refractivity contribution < 1.29 is 9.47 Å². The Balaban J connectivity index is 2.26. The molecule has 1 heterocycles. The molecule has 0 fully saturated rings. The molecule has 0 spiro atoms. The maximum absolute atomic E-state index is 5.95. The molecule has 5 heteroatoms. The molecule has 0 aliphatic rings. The SMILES string of the molecule is COc1ccc(OC)c(C(C)Nc2cnc(Cl)c(C)c2)c1. The van der Waals surface area contributed by atoms with Gasteiger partial charge in [0.15, 0.2) is 0 Å². The maximum atomic E-state index is 5.95. The number of anilines is 1. The van der Waals surface area contributed by atoms with Crippen molar-refractivity contribution in [3.63, 3.8) is 0 Å². The minimum absolute atomic E-state index is 0.0393. The summed E-state index contributed by atoms with van der Waals surface area (Å²) in [5, 5.41) is 3.92. The van der Waals surface area contributed by atoms with Crippen molar-refractivity contribution in [1.82, 2.24) is 4.98 Å². The number of methoxy groups -OCH3 is 2. The smallest absolute Gasteiger partial charge is 0.132 e. The number of halogens is 1. The van der Waals surface area contributed by atoms with Crippen molar-refractivity contribution in [2.75, 3.05) is 19.5 Å². The largest absolute Gasteiger partial charge is 0.497 e. The third-order valence-electron chi connectivity index (χ3n) is 3.30. The first-order valence-corrected chi connectivity index (χ1v) is 7.03. The van der Waals surface area contributed by atoms with E-state index in [-0.39, 0.29) is 6.04 Å². The van der Waals surface area contributed by atoms with E-state index in [0.29, 0.717) is 5.15 Å². The van der Waals surface area contributed by atoms with Gasteiger partial charge in [-0.3, -0.25) is 0 Å². The van der Waals surface area contributed by atoms with E-state index < -0.39 is 0 Å². The van der Waals surface area contributed by atoms with Crippen molar-refractivity contribution in [1.29, 1.82) is 0 Å². The number of hydrogen-bond acceptors (Lipinski definition) is 4. The van der Waals surface area contributed by atoms with Crippen LogP contribution in [-0.2, 0) is 0 Å². The monoisotopic (exact) mass is 306 g/mol. The second kappa shape index (κ2) is 6.68. The lowest BCUT2D eigenvalue weighted by Crippen LogP contribution is -2.09. The third kappa shape index (κ3) is 3.58. The van der Waals surface area contributed by atoms with Crippen LogP contribution in [0.15, 0.2) is 30.5 Å². The molecular formula is C16H19ClN2O2. The van der Waals surface area contributed by atoms with Gasteiger partial charge in [0, 0.05) is 5.56 Å². The van der Waals surface area contributed by atoms with E-state index in [4.69, 9.17) is 21.1 Å². The topological polar surface area (TPSA) is 43.4 Å².